The molecule has 1 fully saturated rings. The number of hydrogen-bond donors (Lipinski definition) is 1. The average Bonchev–Trinajstić information content (AvgIpc) is 3.15. The lowest BCUT2D eigenvalue weighted by molar-refractivity contribution is -0.117. The molecule has 164 valence electrons. The fourth-order valence-corrected chi connectivity index (χ4v) is 3.92. The Hall–Kier alpha value is -3.75. The predicted octanol–water partition coefficient (Wildman–Crippen LogP) is 3.74. The van der Waals surface area contributed by atoms with Crippen molar-refractivity contribution in [3.63, 3.8) is 0 Å². The number of alkyl halides is 1. The van der Waals surface area contributed by atoms with Gasteiger partial charge in [-0.05, 0) is 36.6 Å². The van der Waals surface area contributed by atoms with E-state index in [2.05, 4.69) is 32.5 Å². The number of anilines is 3. The quantitative estimate of drug-likeness (QED) is 0.519. The molecule has 3 heterocycles. The minimum Gasteiger partial charge on any atom is -0.334 e. The molecule has 0 spiro atoms. The molecule has 0 saturated heterocycles. The van der Waals surface area contributed by atoms with Gasteiger partial charge in [-0.2, -0.15) is 5.10 Å². The zero-order valence-corrected chi connectivity index (χ0v) is 18.4. The third-order valence-electron chi connectivity index (χ3n) is 5.93. The number of halogens is 1. The third-order valence-corrected chi connectivity index (χ3v) is 5.93. The number of rotatable bonds is 5. The Balaban J connectivity index is 1.51. The number of aryl methyl sites for hydroxylation is 3. The smallest absolute Gasteiger partial charge is 0.231 e. The number of benzene rings is 1. The minimum absolute atomic E-state index is 0.263. The largest absolute Gasteiger partial charge is 0.334 e. The fourth-order valence-electron chi connectivity index (χ4n) is 3.92. The Kier molecular flexibility index (Phi) is 4.69. The molecule has 1 amide bonds. The van der Waals surface area contributed by atoms with Gasteiger partial charge < -0.3 is 14.8 Å². The summed E-state index contributed by atoms with van der Waals surface area (Å²) >= 11 is 0. The summed E-state index contributed by atoms with van der Waals surface area (Å²) in [7, 11) is 5.71. The highest BCUT2D eigenvalue weighted by Gasteiger charge is 2.44. The van der Waals surface area contributed by atoms with Crippen LogP contribution in [0.2, 0.25) is 0 Å². The number of fused-ring (bicyclic) bond motifs is 1. The highest BCUT2D eigenvalue weighted by molar-refractivity contribution is 6.01. The fraction of sp³-hybridized carbons (Fsp3) is 0.304. The Labute approximate surface area is 184 Å². The summed E-state index contributed by atoms with van der Waals surface area (Å²) in [5, 5.41) is 7.03. The van der Waals surface area contributed by atoms with E-state index in [1.165, 1.54) is 0 Å². The monoisotopic (exact) mass is 433 g/mol. The van der Waals surface area contributed by atoms with Gasteiger partial charge in [-0.25, -0.2) is 14.4 Å². The molecule has 0 unspecified atom stereocenters. The summed E-state index contributed by atoms with van der Waals surface area (Å²) in [6.07, 6.45) is 4.69. The van der Waals surface area contributed by atoms with E-state index in [-0.39, 0.29) is 12.3 Å². The van der Waals surface area contributed by atoms with E-state index < -0.39 is 12.1 Å². The normalized spacial score (nSPS) is 17.5. The van der Waals surface area contributed by atoms with Crippen LogP contribution in [0.3, 0.4) is 0 Å². The Morgan fingerprint density at radius 1 is 1.25 bits per heavy atom. The predicted molar refractivity (Wildman–Crippen MR) is 122 cm³/mol. The topological polar surface area (TPSA) is 80.9 Å². The van der Waals surface area contributed by atoms with Crippen LogP contribution in [0.15, 0.2) is 43.0 Å². The summed E-state index contributed by atoms with van der Waals surface area (Å²) < 4.78 is 17.0. The second kappa shape index (κ2) is 7.44. The van der Waals surface area contributed by atoms with Gasteiger partial charge in [0.05, 0.1) is 24.0 Å². The van der Waals surface area contributed by atoms with Crippen LogP contribution in [0, 0.1) is 12.8 Å². The lowest BCUT2D eigenvalue weighted by atomic mass is 10.0. The van der Waals surface area contributed by atoms with Gasteiger partial charge in [0.1, 0.15) is 17.5 Å². The Morgan fingerprint density at radius 2 is 2.03 bits per heavy atom. The van der Waals surface area contributed by atoms with Gasteiger partial charge in [0, 0.05) is 44.7 Å². The third kappa shape index (κ3) is 3.49. The standard InChI is InChI=1S/C23H24FN7O/c1-13-7-14(15-10-26-30(3)11-15)5-6-18(13)31(4)20-9-19-21(25-12-29(19)2)22(27-20)28-23(32)16-8-17(16)24/h5-7,9-12,16-17H,8H2,1-4H3,(H,27,28,32)/t16-,17+/m0/s1. The van der Waals surface area contributed by atoms with E-state index in [4.69, 9.17) is 0 Å². The van der Waals surface area contributed by atoms with Gasteiger partial charge in [-0.15, -0.1) is 0 Å². The molecule has 1 N–H and O–H groups in total. The lowest BCUT2D eigenvalue weighted by Crippen LogP contribution is -2.18. The summed E-state index contributed by atoms with van der Waals surface area (Å²) in [6, 6.07) is 8.14. The van der Waals surface area contributed by atoms with Crippen molar-refractivity contribution in [3.8, 4) is 11.1 Å². The van der Waals surface area contributed by atoms with E-state index in [1.54, 1.807) is 11.0 Å². The van der Waals surface area contributed by atoms with E-state index in [9.17, 15) is 9.18 Å². The number of aromatic nitrogens is 5. The molecule has 0 radical (unpaired) electrons. The lowest BCUT2D eigenvalue weighted by Gasteiger charge is -2.22. The van der Waals surface area contributed by atoms with Crippen LogP contribution < -0.4 is 10.2 Å². The average molecular weight is 433 g/mol. The number of hydrogen-bond acceptors (Lipinski definition) is 5. The first-order chi connectivity index (χ1) is 15.3. The molecular formula is C23H24FN7O. The van der Waals surface area contributed by atoms with Gasteiger partial charge in [0.15, 0.2) is 5.82 Å². The van der Waals surface area contributed by atoms with Gasteiger partial charge in [0.2, 0.25) is 5.91 Å². The first-order valence-electron chi connectivity index (χ1n) is 10.4. The van der Waals surface area contributed by atoms with Crippen LogP contribution >= 0.6 is 0 Å². The molecule has 1 aromatic carbocycles. The molecule has 1 saturated carbocycles. The van der Waals surface area contributed by atoms with Crippen LogP contribution in [-0.4, -0.2) is 43.4 Å². The molecular weight excluding hydrogens is 409 g/mol. The molecule has 4 aromatic rings. The maximum atomic E-state index is 13.4. The number of pyridine rings is 1. The van der Waals surface area contributed by atoms with Gasteiger partial charge in [-0.1, -0.05) is 6.07 Å². The second-order valence-electron chi connectivity index (χ2n) is 8.36. The van der Waals surface area contributed by atoms with Crippen molar-refractivity contribution in [2.75, 3.05) is 17.3 Å². The van der Waals surface area contributed by atoms with Gasteiger partial charge in [-0.3, -0.25) is 9.48 Å². The first-order valence-corrected chi connectivity index (χ1v) is 10.4. The van der Waals surface area contributed by atoms with E-state index in [0.29, 0.717) is 17.2 Å². The molecule has 2 atom stereocenters. The molecule has 3 aromatic heterocycles. The Bertz CT molecular complexity index is 1340. The van der Waals surface area contributed by atoms with E-state index in [1.807, 2.05) is 62.1 Å². The van der Waals surface area contributed by atoms with Crippen molar-refractivity contribution in [1.29, 1.82) is 0 Å². The molecule has 1 aliphatic carbocycles. The van der Waals surface area contributed by atoms with Crippen molar-refractivity contribution in [1.82, 2.24) is 24.3 Å². The number of carbonyl (C=O) groups excluding carboxylic acids is 1. The zero-order chi connectivity index (χ0) is 22.6. The SMILES string of the molecule is Cc1cc(-c2cnn(C)c2)ccc1N(C)c1cc2c(ncn2C)c(NC(=O)[C@H]2C[C@H]2F)n1. The summed E-state index contributed by atoms with van der Waals surface area (Å²) in [6.45, 7) is 2.05. The molecule has 1 aliphatic rings. The second-order valence-corrected chi connectivity index (χ2v) is 8.36. The minimum atomic E-state index is -1.07. The van der Waals surface area contributed by atoms with Gasteiger partial charge >= 0.3 is 0 Å². The molecule has 0 bridgehead atoms. The zero-order valence-electron chi connectivity index (χ0n) is 18.4. The number of nitrogens with one attached hydrogen (secondary N) is 1. The Morgan fingerprint density at radius 3 is 2.69 bits per heavy atom. The van der Waals surface area contributed by atoms with E-state index in [0.717, 1.165) is 27.9 Å². The van der Waals surface area contributed by atoms with Crippen LogP contribution in [0.25, 0.3) is 22.2 Å². The maximum Gasteiger partial charge on any atom is 0.231 e. The maximum absolute atomic E-state index is 13.4. The van der Waals surface area contributed by atoms with Crippen molar-refractivity contribution < 1.29 is 9.18 Å². The van der Waals surface area contributed by atoms with Crippen molar-refractivity contribution in [3.05, 3.63) is 48.5 Å². The van der Waals surface area contributed by atoms with Crippen LogP contribution in [-0.2, 0) is 18.9 Å². The molecule has 9 heteroatoms. The number of carbonyl (C=O) groups is 1. The molecule has 0 aliphatic heterocycles. The summed E-state index contributed by atoms with van der Waals surface area (Å²) in [5.74, 6) is 0.0490. The van der Waals surface area contributed by atoms with E-state index >= 15 is 0 Å². The first kappa shape index (κ1) is 20.2. The van der Waals surface area contributed by atoms with Crippen LogP contribution in [0.4, 0.5) is 21.7 Å². The molecule has 32 heavy (non-hydrogen) atoms. The number of imidazole rings is 1. The summed E-state index contributed by atoms with van der Waals surface area (Å²) in [4.78, 5) is 23.4. The molecule has 8 nitrogen and oxygen atoms in total. The molecule has 5 rings (SSSR count). The van der Waals surface area contributed by atoms with Gasteiger partial charge in [0.25, 0.3) is 0 Å². The number of amides is 1. The summed E-state index contributed by atoms with van der Waals surface area (Å²) in [5.41, 5.74) is 5.60. The van der Waals surface area contributed by atoms with Crippen LogP contribution in [0.5, 0.6) is 0 Å². The highest BCUT2D eigenvalue weighted by atomic mass is 19.1. The number of nitrogens with zero attached hydrogens (tertiary/aromatic N) is 6. The highest BCUT2D eigenvalue weighted by Crippen LogP contribution is 2.36. The van der Waals surface area contributed by atoms with Crippen molar-refractivity contribution in [2.45, 2.75) is 19.5 Å². The van der Waals surface area contributed by atoms with Crippen LogP contribution in [0.1, 0.15) is 12.0 Å². The van der Waals surface area contributed by atoms with Crippen molar-refractivity contribution in [2.24, 2.45) is 20.0 Å². The van der Waals surface area contributed by atoms with Crippen molar-refractivity contribution >= 4 is 34.3 Å².